The van der Waals surface area contributed by atoms with Crippen LogP contribution in [0.1, 0.15) is 18.3 Å². The number of carboxylic acids is 1. The van der Waals surface area contributed by atoms with Gasteiger partial charge in [-0.2, -0.15) is 5.10 Å². The van der Waals surface area contributed by atoms with Crippen LogP contribution in [-0.4, -0.2) is 40.8 Å². The van der Waals surface area contributed by atoms with Crippen LogP contribution in [0.3, 0.4) is 0 Å². The molecular weight excluding hydrogens is 458 g/mol. The molecule has 0 spiro atoms. The summed E-state index contributed by atoms with van der Waals surface area (Å²) in [4.78, 5) is 34.4. The van der Waals surface area contributed by atoms with Crippen LogP contribution >= 0.6 is 0 Å². The first-order valence-electron chi connectivity index (χ1n) is 11.2. The van der Waals surface area contributed by atoms with Gasteiger partial charge in [0.2, 0.25) is 0 Å². The van der Waals surface area contributed by atoms with E-state index in [0.717, 1.165) is 45.7 Å². The highest BCUT2D eigenvalue weighted by Crippen LogP contribution is 2.29. The van der Waals surface area contributed by atoms with Crippen molar-refractivity contribution in [1.82, 2.24) is 29.7 Å². The van der Waals surface area contributed by atoms with Crippen molar-refractivity contribution in [3.63, 3.8) is 0 Å². The number of aliphatic carboxylic acids is 1. The zero-order chi connectivity index (χ0) is 25.2. The molecule has 10 nitrogen and oxygen atoms in total. The Kier molecular flexibility index (Phi) is 6.01. The maximum absolute atomic E-state index is 13.0. The Morgan fingerprint density at radius 2 is 1.83 bits per heavy atom. The van der Waals surface area contributed by atoms with E-state index in [9.17, 15) is 4.79 Å². The summed E-state index contributed by atoms with van der Waals surface area (Å²) in [6.45, 7) is 2.04. The number of carbonyl (C=O) groups is 1. The van der Waals surface area contributed by atoms with Crippen molar-refractivity contribution in [2.45, 2.75) is 20.0 Å². The molecule has 0 aliphatic carbocycles. The first kappa shape index (κ1) is 22.9. The average Bonchev–Trinajstić information content (AvgIpc) is 3.46. The molecule has 0 aliphatic heterocycles. The molecule has 0 aliphatic rings. The number of nitrogens with one attached hydrogen (secondary N) is 2. The Labute approximate surface area is 204 Å². The van der Waals surface area contributed by atoms with Crippen LogP contribution in [0.4, 0.5) is 0 Å². The van der Waals surface area contributed by atoms with Crippen LogP contribution in [0.15, 0.2) is 71.8 Å². The Morgan fingerprint density at radius 1 is 1.06 bits per heavy atom. The van der Waals surface area contributed by atoms with Gasteiger partial charge >= 0.3 is 0 Å². The largest absolute Gasteiger partial charge is 0.481 e. The van der Waals surface area contributed by atoms with Crippen molar-refractivity contribution in [2.75, 3.05) is 0 Å². The summed E-state index contributed by atoms with van der Waals surface area (Å²) < 4.78 is 2.09. The van der Waals surface area contributed by atoms with Gasteiger partial charge in [0.15, 0.2) is 0 Å². The van der Waals surface area contributed by atoms with Crippen LogP contribution in [0.5, 0.6) is 0 Å². The lowest BCUT2D eigenvalue weighted by Gasteiger charge is -2.06. The lowest BCUT2D eigenvalue weighted by Crippen LogP contribution is -2.11. The summed E-state index contributed by atoms with van der Waals surface area (Å²) in [6.07, 6.45) is 3.70. The third-order valence-corrected chi connectivity index (χ3v) is 5.70. The Hall–Kier alpha value is -4.83. The molecule has 6 aromatic rings. The minimum atomic E-state index is -0.833. The molecule has 4 aromatic heterocycles. The zero-order valence-electron chi connectivity index (χ0n) is 19.4. The second kappa shape index (κ2) is 9.43. The molecule has 5 N–H and O–H groups in total. The highest BCUT2D eigenvalue weighted by Gasteiger charge is 2.16. The predicted molar refractivity (Wildman–Crippen MR) is 137 cm³/mol. The van der Waals surface area contributed by atoms with Crippen molar-refractivity contribution in [2.24, 2.45) is 5.73 Å². The van der Waals surface area contributed by atoms with Gasteiger partial charge in [0, 0.05) is 41.5 Å². The van der Waals surface area contributed by atoms with E-state index in [4.69, 9.17) is 20.6 Å². The van der Waals surface area contributed by atoms with E-state index < -0.39 is 5.97 Å². The molecule has 0 radical (unpaired) electrons. The van der Waals surface area contributed by atoms with Gasteiger partial charge in [-0.15, -0.1) is 0 Å². The van der Waals surface area contributed by atoms with E-state index in [1.165, 1.54) is 0 Å². The molecule has 0 saturated carbocycles. The number of fused-ring (bicyclic) bond motifs is 3. The monoisotopic (exact) mass is 481 g/mol. The fraction of sp³-hybridized carbons (Fsp3) is 0.115. The molecule has 10 heteroatoms. The number of rotatable bonds is 4. The number of pyridine rings is 1. The second-order valence-electron chi connectivity index (χ2n) is 8.27. The summed E-state index contributed by atoms with van der Waals surface area (Å²) in [5.41, 5.74) is 11.7. The normalized spacial score (nSPS) is 11.1. The number of aromatic nitrogens is 6. The minimum Gasteiger partial charge on any atom is -0.481 e. The fourth-order valence-electron chi connectivity index (χ4n) is 4.18. The van der Waals surface area contributed by atoms with Gasteiger partial charge in [0.25, 0.3) is 11.5 Å². The molecule has 0 atom stereocenters. The van der Waals surface area contributed by atoms with Gasteiger partial charge in [-0.1, -0.05) is 24.3 Å². The highest BCUT2D eigenvalue weighted by molar-refractivity contribution is 5.97. The minimum absolute atomic E-state index is 0.230. The molecule has 0 bridgehead atoms. The summed E-state index contributed by atoms with van der Waals surface area (Å²) in [6, 6.07) is 17.6. The molecule has 0 unspecified atom stereocenters. The van der Waals surface area contributed by atoms with Crippen molar-refractivity contribution in [1.29, 1.82) is 0 Å². The number of H-pyrrole nitrogens is 2. The number of carboxylic acid groups (broad SMARTS) is 1. The number of hydrogen-bond donors (Lipinski definition) is 4. The zero-order valence-corrected chi connectivity index (χ0v) is 19.4. The Bertz CT molecular complexity index is 1780. The van der Waals surface area contributed by atoms with Gasteiger partial charge in [0.05, 0.1) is 40.7 Å². The van der Waals surface area contributed by atoms with E-state index >= 15 is 0 Å². The molecule has 0 saturated heterocycles. The lowest BCUT2D eigenvalue weighted by molar-refractivity contribution is -0.134. The van der Waals surface area contributed by atoms with E-state index in [-0.39, 0.29) is 5.56 Å². The van der Waals surface area contributed by atoms with Crippen LogP contribution in [-0.2, 0) is 17.9 Å². The molecule has 0 fully saturated rings. The first-order chi connectivity index (χ1) is 17.4. The molecule has 4 heterocycles. The molecule has 6 rings (SSSR count). The molecule has 180 valence electrons. The summed E-state index contributed by atoms with van der Waals surface area (Å²) in [7, 11) is 0. The van der Waals surface area contributed by atoms with Crippen LogP contribution in [0.2, 0.25) is 0 Å². The quantitative estimate of drug-likeness (QED) is 0.301. The number of nitrogens with two attached hydrogens (primary N) is 1. The highest BCUT2D eigenvalue weighted by atomic mass is 16.4. The number of nitrogens with zero attached hydrogens (tertiary/aromatic N) is 4. The molecule has 0 amide bonds. The van der Waals surface area contributed by atoms with E-state index in [0.29, 0.717) is 29.8 Å². The third kappa shape index (κ3) is 4.44. The lowest BCUT2D eigenvalue weighted by atomic mass is 10.1. The predicted octanol–water partition coefficient (Wildman–Crippen LogP) is 3.41. The fourth-order valence-corrected chi connectivity index (χ4v) is 4.18. The average molecular weight is 482 g/mol. The van der Waals surface area contributed by atoms with Crippen molar-refractivity contribution >= 4 is 38.8 Å². The maximum atomic E-state index is 13.0. The number of benzene rings is 2. The first-order valence-corrected chi connectivity index (χ1v) is 11.2. The Balaban J connectivity index is 0.000000623. The smallest absolute Gasteiger partial charge is 0.300 e. The van der Waals surface area contributed by atoms with Crippen LogP contribution in [0.25, 0.3) is 44.1 Å². The van der Waals surface area contributed by atoms with Crippen molar-refractivity contribution < 1.29 is 9.90 Å². The molecule has 2 aromatic carbocycles. The summed E-state index contributed by atoms with van der Waals surface area (Å²) in [5.74, 6) is -0.833. The van der Waals surface area contributed by atoms with E-state index in [2.05, 4.69) is 24.7 Å². The molecular formula is C26H23N7O3. The maximum Gasteiger partial charge on any atom is 0.300 e. The third-order valence-electron chi connectivity index (χ3n) is 5.70. The number of para-hydroxylation sites is 1. The SMILES string of the molecule is CC(=O)O.NCc1cccc(Cn2cc(-c3nc4cc5[nH]ncc5cc4[nH]c3=O)c3ccccc32)n1. The number of aromatic amines is 2. The van der Waals surface area contributed by atoms with Crippen molar-refractivity contribution in [3.05, 3.63) is 88.7 Å². The van der Waals surface area contributed by atoms with Crippen LogP contribution in [0, 0.1) is 0 Å². The molecule has 36 heavy (non-hydrogen) atoms. The van der Waals surface area contributed by atoms with Gasteiger partial charge in [0.1, 0.15) is 5.69 Å². The van der Waals surface area contributed by atoms with Crippen LogP contribution < -0.4 is 11.3 Å². The topological polar surface area (TPSA) is 156 Å². The van der Waals surface area contributed by atoms with Gasteiger partial charge in [-0.25, -0.2) is 4.98 Å². The van der Waals surface area contributed by atoms with Gasteiger partial charge < -0.3 is 20.4 Å². The van der Waals surface area contributed by atoms with E-state index in [1.54, 1.807) is 6.20 Å². The second-order valence-corrected chi connectivity index (χ2v) is 8.27. The van der Waals surface area contributed by atoms with Gasteiger partial charge in [-0.05, 0) is 30.3 Å². The van der Waals surface area contributed by atoms with E-state index in [1.807, 2.05) is 60.8 Å². The summed E-state index contributed by atoms with van der Waals surface area (Å²) >= 11 is 0. The Morgan fingerprint density at radius 3 is 2.64 bits per heavy atom. The summed E-state index contributed by atoms with van der Waals surface area (Å²) in [5, 5.41) is 16.3. The number of hydrogen-bond acceptors (Lipinski definition) is 6. The van der Waals surface area contributed by atoms with Gasteiger partial charge in [-0.3, -0.25) is 19.7 Å². The standard InChI is InChI=1S/C24H19N7O.C2H4O2/c25-10-15-4-3-5-16(27-15)12-31-13-18(17-6-1-2-7-22(17)31)23-24(32)29-20-8-14-11-26-30-19(14)9-21(20)28-23;1-2(3)4/h1-9,11,13H,10,12,25H2,(H,26,30)(H,29,32);1H3,(H,3,4). The van der Waals surface area contributed by atoms with Crippen molar-refractivity contribution in [3.8, 4) is 11.3 Å².